The Bertz CT molecular complexity index is 427. The summed E-state index contributed by atoms with van der Waals surface area (Å²) in [6.07, 6.45) is -3.11. The van der Waals surface area contributed by atoms with Crippen LogP contribution in [-0.4, -0.2) is 54.0 Å². The molecule has 1 rings (SSSR count). The summed E-state index contributed by atoms with van der Waals surface area (Å²) >= 11 is 1.16. The predicted octanol–water partition coefficient (Wildman–Crippen LogP) is 2.00. The van der Waals surface area contributed by atoms with E-state index in [4.69, 9.17) is 0 Å². The largest absolute Gasteiger partial charge is 0.471 e. The second-order valence-electron chi connectivity index (χ2n) is 4.09. The molecule has 0 atom stereocenters. The van der Waals surface area contributed by atoms with E-state index in [1.54, 1.807) is 18.4 Å². The van der Waals surface area contributed by atoms with E-state index < -0.39 is 12.1 Å². The summed E-state index contributed by atoms with van der Waals surface area (Å²) in [4.78, 5) is 25.4. The molecule has 0 bridgehead atoms. The van der Waals surface area contributed by atoms with E-state index in [0.29, 0.717) is 9.81 Å². The predicted molar refractivity (Wildman–Crippen MR) is 70.8 cm³/mol. The van der Waals surface area contributed by atoms with E-state index in [-0.39, 0.29) is 32.1 Å². The summed E-state index contributed by atoms with van der Waals surface area (Å²) in [7, 11) is 0. The average molecular weight is 308 g/mol. The molecular weight excluding hydrogens is 293 g/mol. The van der Waals surface area contributed by atoms with Crippen LogP contribution in [-0.2, 0) is 9.59 Å². The van der Waals surface area contributed by atoms with Crippen LogP contribution in [0.1, 0.15) is 6.92 Å². The molecule has 0 N–H and O–H groups in total. The molecule has 1 heterocycles. The molecule has 0 aromatic heterocycles. The quantitative estimate of drug-likeness (QED) is 0.749. The smallest absolute Gasteiger partial charge is 0.335 e. The monoisotopic (exact) mass is 308 g/mol. The minimum atomic E-state index is -4.86. The Morgan fingerprint density at radius 1 is 1.15 bits per heavy atom. The van der Waals surface area contributed by atoms with Crippen molar-refractivity contribution in [1.82, 2.24) is 9.80 Å². The number of hydrogen-bond acceptors (Lipinski definition) is 3. The summed E-state index contributed by atoms with van der Waals surface area (Å²) in [5, 5.41) is 1.70. The zero-order valence-electron chi connectivity index (χ0n) is 10.9. The normalized spacial score (nSPS) is 16.6. The van der Waals surface area contributed by atoms with Crippen molar-refractivity contribution in [2.75, 3.05) is 26.2 Å². The van der Waals surface area contributed by atoms with Gasteiger partial charge in [0.15, 0.2) is 0 Å². The van der Waals surface area contributed by atoms with Gasteiger partial charge in [-0.05, 0) is 12.3 Å². The van der Waals surface area contributed by atoms with Gasteiger partial charge in [0.25, 0.3) is 5.91 Å². The first-order valence-corrected chi connectivity index (χ1v) is 6.77. The van der Waals surface area contributed by atoms with Gasteiger partial charge in [0.05, 0.1) is 4.91 Å². The van der Waals surface area contributed by atoms with Crippen LogP contribution in [0.15, 0.2) is 23.0 Å². The van der Waals surface area contributed by atoms with Crippen LogP contribution in [0, 0.1) is 0 Å². The summed E-state index contributed by atoms with van der Waals surface area (Å²) < 4.78 is 36.8. The lowest BCUT2D eigenvalue weighted by molar-refractivity contribution is -0.187. The van der Waals surface area contributed by atoms with Gasteiger partial charge in [-0.25, -0.2) is 0 Å². The molecule has 1 aliphatic heterocycles. The summed E-state index contributed by atoms with van der Waals surface area (Å²) in [5.74, 6) is -2.17. The summed E-state index contributed by atoms with van der Waals surface area (Å²) in [5.41, 5.74) is 0. The molecule has 4 nitrogen and oxygen atoms in total. The van der Waals surface area contributed by atoms with Crippen LogP contribution >= 0.6 is 11.8 Å². The molecule has 0 aromatic rings. The van der Waals surface area contributed by atoms with Crippen molar-refractivity contribution in [2.24, 2.45) is 0 Å². The summed E-state index contributed by atoms with van der Waals surface area (Å²) in [6.45, 7) is 5.34. The highest BCUT2D eigenvalue weighted by molar-refractivity contribution is 8.06. The van der Waals surface area contributed by atoms with E-state index in [9.17, 15) is 22.8 Å². The molecular formula is C12H15F3N2O2S. The van der Waals surface area contributed by atoms with Crippen molar-refractivity contribution < 1.29 is 22.8 Å². The van der Waals surface area contributed by atoms with E-state index in [0.717, 1.165) is 11.8 Å². The standard InChI is InChI=1S/C12H15F3N2O2S/c1-3-8-20-9(2)10(18)16-4-6-17(7-5-16)11(19)12(13,14)15/h3,8H,2,4-7H2,1H3/b8-3-. The fraction of sp³-hybridized carbons (Fsp3) is 0.500. The number of thioether (sulfide) groups is 1. The first kappa shape index (κ1) is 16.6. The lowest BCUT2D eigenvalue weighted by atomic mass is 10.3. The number of allylic oxidation sites excluding steroid dienone is 1. The second kappa shape index (κ2) is 6.83. The SMILES string of the molecule is C=C(S/C=C\C)C(=O)N1CCN(C(=O)C(F)(F)F)CC1. The first-order chi connectivity index (χ1) is 9.27. The number of carbonyl (C=O) groups is 2. The Labute approximate surface area is 119 Å². The Hall–Kier alpha value is -1.44. The van der Waals surface area contributed by atoms with E-state index in [1.807, 2.05) is 0 Å². The number of halogens is 3. The maximum Gasteiger partial charge on any atom is 0.471 e. The zero-order chi connectivity index (χ0) is 15.3. The molecule has 20 heavy (non-hydrogen) atoms. The molecule has 1 aliphatic rings. The molecule has 1 fully saturated rings. The lowest BCUT2D eigenvalue weighted by Gasteiger charge is -2.35. The van der Waals surface area contributed by atoms with Crippen molar-refractivity contribution >= 4 is 23.6 Å². The fourth-order valence-electron chi connectivity index (χ4n) is 1.67. The molecule has 0 unspecified atom stereocenters. The van der Waals surface area contributed by atoms with Crippen molar-refractivity contribution in [3.05, 3.63) is 23.0 Å². The van der Waals surface area contributed by atoms with Crippen LogP contribution < -0.4 is 0 Å². The third-order valence-corrected chi connectivity index (χ3v) is 3.55. The minimum Gasteiger partial charge on any atom is -0.335 e. The van der Waals surface area contributed by atoms with Crippen molar-refractivity contribution in [3.63, 3.8) is 0 Å². The Morgan fingerprint density at radius 3 is 2.10 bits per heavy atom. The van der Waals surface area contributed by atoms with Crippen molar-refractivity contribution in [1.29, 1.82) is 0 Å². The van der Waals surface area contributed by atoms with Gasteiger partial charge in [-0.1, -0.05) is 24.4 Å². The highest BCUT2D eigenvalue weighted by Crippen LogP contribution is 2.21. The van der Waals surface area contributed by atoms with Gasteiger partial charge in [-0.3, -0.25) is 9.59 Å². The van der Waals surface area contributed by atoms with Gasteiger partial charge >= 0.3 is 12.1 Å². The van der Waals surface area contributed by atoms with Crippen LogP contribution in [0.5, 0.6) is 0 Å². The molecule has 1 saturated heterocycles. The maximum atomic E-state index is 12.3. The number of carbonyl (C=O) groups excluding carboxylic acids is 2. The summed E-state index contributed by atoms with van der Waals surface area (Å²) in [6, 6.07) is 0. The van der Waals surface area contributed by atoms with Crippen LogP contribution in [0.4, 0.5) is 13.2 Å². The fourth-order valence-corrected chi connectivity index (χ4v) is 2.20. The van der Waals surface area contributed by atoms with Gasteiger partial charge in [-0.2, -0.15) is 13.2 Å². The molecule has 112 valence electrons. The Morgan fingerprint density at radius 2 is 1.65 bits per heavy atom. The highest BCUT2D eigenvalue weighted by atomic mass is 32.2. The average Bonchev–Trinajstić information content (AvgIpc) is 2.42. The van der Waals surface area contributed by atoms with Gasteiger partial charge in [0.1, 0.15) is 0 Å². The third-order valence-electron chi connectivity index (χ3n) is 2.68. The maximum absolute atomic E-state index is 12.3. The zero-order valence-corrected chi connectivity index (χ0v) is 11.8. The number of piperazine rings is 1. The minimum absolute atomic E-state index is 0.0794. The van der Waals surface area contributed by atoms with Crippen LogP contribution in [0.3, 0.4) is 0 Å². The lowest BCUT2D eigenvalue weighted by Crippen LogP contribution is -2.53. The first-order valence-electron chi connectivity index (χ1n) is 5.89. The van der Waals surface area contributed by atoms with Gasteiger partial charge in [-0.15, -0.1) is 0 Å². The van der Waals surface area contributed by atoms with Gasteiger partial charge < -0.3 is 9.80 Å². The van der Waals surface area contributed by atoms with E-state index in [1.165, 1.54) is 4.90 Å². The van der Waals surface area contributed by atoms with Gasteiger partial charge in [0.2, 0.25) is 0 Å². The molecule has 0 radical (unpaired) electrons. The van der Waals surface area contributed by atoms with Gasteiger partial charge in [0, 0.05) is 26.2 Å². The Kier molecular flexibility index (Phi) is 5.67. The Balaban J connectivity index is 2.52. The molecule has 0 saturated carbocycles. The number of amides is 2. The van der Waals surface area contributed by atoms with E-state index in [2.05, 4.69) is 6.58 Å². The third kappa shape index (κ3) is 4.29. The number of rotatable bonds is 3. The van der Waals surface area contributed by atoms with Crippen LogP contribution in [0.2, 0.25) is 0 Å². The second-order valence-corrected chi connectivity index (χ2v) is 5.09. The molecule has 0 aromatic carbocycles. The number of alkyl halides is 3. The molecule has 0 aliphatic carbocycles. The van der Waals surface area contributed by atoms with E-state index >= 15 is 0 Å². The highest BCUT2D eigenvalue weighted by Gasteiger charge is 2.43. The van der Waals surface area contributed by atoms with Crippen molar-refractivity contribution in [3.8, 4) is 0 Å². The molecule has 2 amide bonds. The van der Waals surface area contributed by atoms with Crippen LogP contribution in [0.25, 0.3) is 0 Å². The molecule has 8 heteroatoms. The number of nitrogens with zero attached hydrogens (tertiary/aromatic N) is 2. The number of hydrogen-bond donors (Lipinski definition) is 0. The molecule has 0 spiro atoms. The topological polar surface area (TPSA) is 40.6 Å². The van der Waals surface area contributed by atoms with Crippen molar-refractivity contribution in [2.45, 2.75) is 13.1 Å².